The van der Waals surface area contributed by atoms with Crippen LogP contribution in [-0.2, 0) is 16.1 Å². The normalized spacial score (nSPS) is 17.0. The van der Waals surface area contributed by atoms with Gasteiger partial charge in [-0.05, 0) is 0 Å². The third-order valence-corrected chi connectivity index (χ3v) is 3.39. The molecule has 1 aliphatic rings. The molecule has 1 saturated heterocycles. The zero-order valence-electron chi connectivity index (χ0n) is 12.7. The lowest BCUT2D eigenvalue weighted by molar-refractivity contribution is -0.122. The Morgan fingerprint density at radius 3 is 2.62 bits per heavy atom. The fourth-order valence-electron chi connectivity index (χ4n) is 2.25. The molecule has 1 aromatic heterocycles. The number of piperazine rings is 1. The summed E-state index contributed by atoms with van der Waals surface area (Å²) in [5, 5.41) is 10.7. The number of hydrogen-bond donors (Lipinski definition) is 1. The van der Waals surface area contributed by atoms with Crippen molar-refractivity contribution in [3.63, 3.8) is 0 Å². The van der Waals surface area contributed by atoms with Gasteiger partial charge in [0.25, 0.3) is 0 Å². The van der Waals surface area contributed by atoms with Crippen LogP contribution in [0.3, 0.4) is 0 Å². The second kappa shape index (κ2) is 8.06. The number of aryl methyl sites for hydroxylation is 1. The van der Waals surface area contributed by atoms with Crippen LogP contribution in [0.1, 0.15) is 11.8 Å². The summed E-state index contributed by atoms with van der Waals surface area (Å²) in [5.74, 6) is 1.29. The molecule has 0 unspecified atom stereocenters. The number of carbonyl (C=O) groups is 1. The van der Waals surface area contributed by atoms with E-state index in [1.807, 2.05) is 0 Å². The molecular formula is C13H23N5O3. The number of carbonyl (C=O) groups excluding carboxylic acids is 1. The summed E-state index contributed by atoms with van der Waals surface area (Å²) in [5.41, 5.74) is 0. The lowest BCUT2D eigenvalue weighted by Crippen LogP contribution is -2.49. The summed E-state index contributed by atoms with van der Waals surface area (Å²) in [4.78, 5) is 16.1. The predicted molar refractivity (Wildman–Crippen MR) is 75.6 cm³/mol. The highest BCUT2D eigenvalue weighted by atomic mass is 16.5. The molecule has 1 aromatic rings. The highest BCUT2D eigenvalue weighted by molar-refractivity contribution is 5.77. The standard InChI is InChI=1S/C13H23N5O3/c1-11-15-16-13(21-11)10-18-6-4-17(5-7-18)9-12(19)14-3-8-20-2/h3-10H2,1-2H3,(H,14,19). The van der Waals surface area contributed by atoms with Gasteiger partial charge in [0.1, 0.15) is 0 Å². The minimum Gasteiger partial charge on any atom is -0.424 e. The minimum absolute atomic E-state index is 0.0491. The van der Waals surface area contributed by atoms with E-state index in [4.69, 9.17) is 9.15 Å². The van der Waals surface area contributed by atoms with Gasteiger partial charge in [0.05, 0.1) is 19.7 Å². The predicted octanol–water partition coefficient (Wildman–Crippen LogP) is -0.742. The topological polar surface area (TPSA) is 83.7 Å². The maximum absolute atomic E-state index is 11.7. The van der Waals surface area contributed by atoms with Gasteiger partial charge in [-0.2, -0.15) is 0 Å². The smallest absolute Gasteiger partial charge is 0.234 e. The number of nitrogens with one attached hydrogen (secondary N) is 1. The maximum Gasteiger partial charge on any atom is 0.234 e. The first kappa shape index (κ1) is 15.9. The van der Waals surface area contributed by atoms with E-state index in [1.165, 1.54) is 0 Å². The number of rotatable bonds is 7. The van der Waals surface area contributed by atoms with E-state index in [-0.39, 0.29) is 5.91 Å². The van der Waals surface area contributed by atoms with Crippen LogP contribution in [0.5, 0.6) is 0 Å². The van der Waals surface area contributed by atoms with Gasteiger partial charge in [0.15, 0.2) is 0 Å². The third-order valence-electron chi connectivity index (χ3n) is 3.39. The molecular weight excluding hydrogens is 274 g/mol. The summed E-state index contributed by atoms with van der Waals surface area (Å²) in [7, 11) is 1.62. The van der Waals surface area contributed by atoms with Crippen LogP contribution in [-0.4, -0.2) is 78.9 Å². The molecule has 2 heterocycles. The van der Waals surface area contributed by atoms with E-state index in [0.717, 1.165) is 26.2 Å². The summed E-state index contributed by atoms with van der Waals surface area (Å²) in [6.07, 6.45) is 0. The second-order valence-corrected chi connectivity index (χ2v) is 5.11. The van der Waals surface area contributed by atoms with Crippen molar-refractivity contribution in [1.82, 2.24) is 25.3 Å². The minimum atomic E-state index is 0.0491. The molecule has 0 atom stereocenters. The zero-order valence-corrected chi connectivity index (χ0v) is 12.7. The SMILES string of the molecule is COCCNC(=O)CN1CCN(Cc2nnc(C)o2)CC1. The zero-order chi connectivity index (χ0) is 15.1. The molecule has 1 N–H and O–H groups in total. The fraction of sp³-hybridized carbons (Fsp3) is 0.769. The van der Waals surface area contributed by atoms with Gasteiger partial charge < -0.3 is 14.5 Å². The Morgan fingerprint density at radius 1 is 1.29 bits per heavy atom. The van der Waals surface area contributed by atoms with Crippen LogP contribution in [0.4, 0.5) is 0 Å². The van der Waals surface area contributed by atoms with Crippen molar-refractivity contribution in [2.24, 2.45) is 0 Å². The van der Waals surface area contributed by atoms with E-state index < -0.39 is 0 Å². The van der Waals surface area contributed by atoms with Gasteiger partial charge in [-0.1, -0.05) is 0 Å². The van der Waals surface area contributed by atoms with Crippen LogP contribution in [0.15, 0.2) is 4.42 Å². The quantitative estimate of drug-likeness (QED) is 0.663. The molecule has 1 amide bonds. The van der Waals surface area contributed by atoms with Crippen molar-refractivity contribution >= 4 is 5.91 Å². The van der Waals surface area contributed by atoms with Crippen LogP contribution >= 0.6 is 0 Å². The van der Waals surface area contributed by atoms with Crippen LogP contribution in [0, 0.1) is 6.92 Å². The molecule has 1 fully saturated rings. The highest BCUT2D eigenvalue weighted by Crippen LogP contribution is 2.07. The van der Waals surface area contributed by atoms with E-state index in [9.17, 15) is 4.79 Å². The number of hydrogen-bond acceptors (Lipinski definition) is 7. The van der Waals surface area contributed by atoms with Crippen molar-refractivity contribution in [3.05, 3.63) is 11.8 Å². The molecule has 118 valence electrons. The second-order valence-electron chi connectivity index (χ2n) is 5.11. The molecule has 8 heteroatoms. The first-order valence-corrected chi connectivity index (χ1v) is 7.16. The lowest BCUT2D eigenvalue weighted by atomic mass is 10.3. The van der Waals surface area contributed by atoms with Gasteiger partial charge in [-0.25, -0.2) is 0 Å². The van der Waals surface area contributed by atoms with Crippen molar-refractivity contribution < 1.29 is 13.9 Å². The van der Waals surface area contributed by atoms with Gasteiger partial charge in [0.2, 0.25) is 17.7 Å². The van der Waals surface area contributed by atoms with Crippen molar-refractivity contribution in [1.29, 1.82) is 0 Å². The average molecular weight is 297 g/mol. The lowest BCUT2D eigenvalue weighted by Gasteiger charge is -2.33. The molecule has 2 rings (SSSR count). The summed E-state index contributed by atoms with van der Waals surface area (Å²) < 4.78 is 10.3. The van der Waals surface area contributed by atoms with Crippen LogP contribution in [0.25, 0.3) is 0 Å². The Labute approximate surface area is 124 Å². The van der Waals surface area contributed by atoms with Crippen molar-refractivity contribution in [2.75, 3.05) is 53.0 Å². The van der Waals surface area contributed by atoms with E-state index >= 15 is 0 Å². The molecule has 0 spiro atoms. The Morgan fingerprint density at radius 2 is 2.00 bits per heavy atom. The molecule has 21 heavy (non-hydrogen) atoms. The van der Waals surface area contributed by atoms with Gasteiger partial charge in [-0.3, -0.25) is 14.6 Å². The maximum atomic E-state index is 11.7. The average Bonchev–Trinajstić information content (AvgIpc) is 2.87. The number of aromatic nitrogens is 2. The number of amides is 1. The Balaban J connectivity index is 1.65. The molecule has 0 aromatic carbocycles. The van der Waals surface area contributed by atoms with Gasteiger partial charge >= 0.3 is 0 Å². The Hall–Kier alpha value is -1.51. The van der Waals surface area contributed by atoms with E-state index in [1.54, 1.807) is 14.0 Å². The molecule has 8 nitrogen and oxygen atoms in total. The van der Waals surface area contributed by atoms with Gasteiger partial charge in [0, 0.05) is 46.8 Å². The summed E-state index contributed by atoms with van der Waals surface area (Å²) in [6.45, 7) is 7.53. The van der Waals surface area contributed by atoms with Crippen molar-refractivity contribution in [2.45, 2.75) is 13.5 Å². The van der Waals surface area contributed by atoms with Gasteiger partial charge in [-0.15, -0.1) is 10.2 Å². The molecule has 0 radical (unpaired) electrons. The Kier molecular flexibility index (Phi) is 6.09. The number of ether oxygens (including phenoxy) is 1. The third kappa shape index (κ3) is 5.41. The summed E-state index contributed by atoms with van der Waals surface area (Å²) >= 11 is 0. The first-order valence-electron chi connectivity index (χ1n) is 7.16. The monoisotopic (exact) mass is 297 g/mol. The molecule has 1 aliphatic heterocycles. The number of methoxy groups -OCH3 is 1. The molecule has 0 aliphatic carbocycles. The van der Waals surface area contributed by atoms with Crippen LogP contribution in [0.2, 0.25) is 0 Å². The summed E-state index contributed by atoms with van der Waals surface area (Å²) in [6, 6.07) is 0. The fourth-order valence-corrected chi connectivity index (χ4v) is 2.25. The van der Waals surface area contributed by atoms with E-state index in [2.05, 4.69) is 25.3 Å². The highest BCUT2D eigenvalue weighted by Gasteiger charge is 2.20. The number of nitrogens with zero attached hydrogens (tertiary/aromatic N) is 4. The van der Waals surface area contributed by atoms with Crippen molar-refractivity contribution in [3.8, 4) is 0 Å². The van der Waals surface area contributed by atoms with Crippen LogP contribution < -0.4 is 5.32 Å². The van der Waals surface area contributed by atoms with E-state index in [0.29, 0.717) is 38.0 Å². The molecule has 0 saturated carbocycles. The Bertz CT molecular complexity index is 443. The first-order chi connectivity index (χ1) is 10.2. The largest absolute Gasteiger partial charge is 0.424 e. The molecule has 0 bridgehead atoms.